The molecular formula is C15H16Cl2N2. The van der Waals surface area contributed by atoms with E-state index in [2.05, 4.69) is 11.8 Å². The fourth-order valence-electron chi connectivity index (χ4n) is 1.95. The maximum Gasteiger partial charge on any atom is 0.0470 e. The topological polar surface area (TPSA) is 29.3 Å². The molecule has 0 atom stereocenters. The molecule has 0 aliphatic carbocycles. The number of nitrogens with two attached hydrogens (primary N) is 1. The van der Waals surface area contributed by atoms with E-state index < -0.39 is 0 Å². The van der Waals surface area contributed by atoms with Gasteiger partial charge < -0.3 is 10.6 Å². The van der Waals surface area contributed by atoms with E-state index in [0.29, 0.717) is 16.6 Å². The highest BCUT2D eigenvalue weighted by Crippen LogP contribution is 2.27. The van der Waals surface area contributed by atoms with Crippen molar-refractivity contribution < 1.29 is 0 Å². The summed E-state index contributed by atoms with van der Waals surface area (Å²) in [7, 11) is 0. The van der Waals surface area contributed by atoms with Crippen molar-refractivity contribution in [1.29, 1.82) is 0 Å². The third-order valence-corrected chi connectivity index (χ3v) is 3.76. The Morgan fingerprint density at radius 3 is 2.11 bits per heavy atom. The van der Waals surface area contributed by atoms with E-state index in [1.54, 1.807) is 0 Å². The normalized spacial score (nSPS) is 10.5. The zero-order chi connectivity index (χ0) is 13.8. The second kappa shape index (κ2) is 6.18. The molecule has 0 saturated carbocycles. The molecule has 2 aromatic carbocycles. The summed E-state index contributed by atoms with van der Waals surface area (Å²) in [6, 6.07) is 13.4. The van der Waals surface area contributed by atoms with Crippen LogP contribution in [0.15, 0.2) is 42.5 Å². The van der Waals surface area contributed by atoms with Gasteiger partial charge in [-0.15, -0.1) is 0 Å². The summed E-state index contributed by atoms with van der Waals surface area (Å²) < 4.78 is 0. The first-order valence-corrected chi connectivity index (χ1v) is 6.90. The van der Waals surface area contributed by atoms with Gasteiger partial charge in [-0.1, -0.05) is 29.3 Å². The van der Waals surface area contributed by atoms with E-state index in [1.807, 2.05) is 42.5 Å². The van der Waals surface area contributed by atoms with Crippen LogP contribution in [-0.2, 0) is 6.54 Å². The average Bonchev–Trinajstić information content (AvgIpc) is 2.40. The number of nitrogens with zero attached hydrogens (tertiary/aromatic N) is 1. The Morgan fingerprint density at radius 1 is 1.00 bits per heavy atom. The highest BCUT2D eigenvalue weighted by atomic mass is 35.5. The summed E-state index contributed by atoms with van der Waals surface area (Å²) in [5, 5.41) is 1.39. The lowest BCUT2D eigenvalue weighted by atomic mass is 10.2. The Balaban J connectivity index is 2.26. The molecule has 0 heterocycles. The van der Waals surface area contributed by atoms with E-state index in [0.717, 1.165) is 23.5 Å². The van der Waals surface area contributed by atoms with Gasteiger partial charge in [0.05, 0.1) is 0 Å². The molecule has 100 valence electrons. The van der Waals surface area contributed by atoms with Crippen LogP contribution in [0.2, 0.25) is 10.0 Å². The lowest BCUT2D eigenvalue weighted by molar-refractivity contribution is 0.832. The molecule has 2 nitrogen and oxygen atoms in total. The summed E-state index contributed by atoms with van der Waals surface area (Å²) in [5.41, 5.74) is 8.52. The quantitative estimate of drug-likeness (QED) is 0.835. The largest absolute Gasteiger partial charge is 0.399 e. The molecule has 0 bridgehead atoms. The molecule has 0 spiro atoms. The molecule has 0 fully saturated rings. The van der Waals surface area contributed by atoms with Crippen LogP contribution < -0.4 is 10.6 Å². The van der Waals surface area contributed by atoms with Crippen LogP contribution >= 0.6 is 23.2 Å². The molecule has 2 aromatic rings. The molecule has 19 heavy (non-hydrogen) atoms. The number of nitrogen functional groups attached to an aromatic ring is 1. The van der Waals surface area contributed by atoms with Crippen molar-refractivity contribution in [3.05, 3.63) is 58.1 Å². The Hall–Kier alpha value is -1.38. The van der Waals surface area contributed by atoms with Gasteiger partial charge in [0.1, 0.15) is 0 Å². The van der Waals surface area contributed by atoms with E-state index in [4.69, 9.17) is 28.9 Å². The van der Waals surface area contributed by atoms with Crippen molar-refractivity contribution in [2.75, 3.05) is 17.2 Å². The monoisotopic (exact) mass is 294 g/mol. The van der Waals surface area contributed by atoms with Gasteiger partial charge in [-0.3, -0.25) is 0 Å². The fraction of sp³-hybridized carbons (Fsp3) is 0.200. The maximum absolute atomic E-state index is 6.21. The number of hydrogen-bond donors (Lipinski definition) is 1. The molecule has 0 saturated heterocycles. The molecule has 2 N–H and O–H groups in total. The highest BCUT2D eigenvalue weighted by molar-refractivity contribution is 6.36. The number of benzene rings is 2. The Labute approximate surface area is 123 Å². The fourth-order valence-corrected chi connectivity index (χ4v) is 2.46. The van der Waals surface area contributed by atoms with Gasteiger partial charge in [-0.2, -0.15) is 0 Å². The zero-order valence-corrected chi connectivity index (χ0v) is 12.2. The Kier molecular flexibility index (Phi) is 4.56. The zero-order valence-electron chi connectivity index (χ0n) is 10.7. The first-order valence-electron chi connectivity index (χ1n) is 6.15. The minimum Gasteiger partial charge on any atom is -0.399 e. The SMILES string of the molecule is CCN(Cc1c(Cl)cccc1Cl)c1ccc(N)cc1. The second-order valence-electron chi connectivity index (χ2n) is 4.31. The van der Waals surface area contributed by atoms with E-state index >= 15 is 0 Å². The predicted octanol–water partition coefficient (Wildman–Crippen LogP) is 4.60. The van der Waals surface area contributed by atoms with Crippen molar-refractivity contribution in [3.8, 4) is 0 Å². The van der Waals surface area contributed by atoms with Crippen molar-refractivity contribution in [2.45, 2.75) is 13.5 Å². The summed E-state index contributed by atoms with van der Waals surface area (Å²) in [6.45, 7) is 3.64. The van der Waals surface area contributed by atoms with Gasteiger partial charge in [-0.05, 0) is 43.3 Å². The van der Waals surface area contributed by atoms with Gasteiger partial charge in [0.15, 0.2) is 0 Å². The third-order valence-electron chi connectivity index (χ3n) is 3.05. The number of hydrogen-bond acceptors (Lipinski definition) is 2. The summed E-state index contributed by atoms with van der Waals surface area (Å²) in [5.74, 6) is 0. The molecule has 0 aromatic heterocycles. The van der Waals surface area contributed by atoms with Crippen molar-refractivity contribution in [3.63, 3.8) is 0 Å². The van der Waals surface area contributed by atoms with Crippen LogP contribution in [0.1, 0.15) is 12.5 Å². The van der Waals surface area contributed by atoms with E-state index in [-0.39, 0.29) is 0 Å². The van der Waals surface area contributed by atoms with Crippen LogP contribution in [0.3, 0.4) is 0 Å². The molecule has 0 unspecified atom stereocenters. The minimum atomic E-state index is 0.679. The average molecular weight is 295 g/mol. The van der Waals surface area contributed by atoms with Crippen LogP contribution in [0.4, 0.5) is 11.4 Å². The number of halogens is 2. The standard InChI is InChI=1S/C15H16Cl2N2/c1-2-19(12-8-6-11(18)7-9-12)10-13-14(16)4-3-5-15(13)17/h3-9H,2,10,18H2,1H3. The second-order valence-corrected chi connectivity index (χ2v) is 5.12. The number of rotatable bonds is 4. The smallest absolute Gasteiger partial charge is 0.0470 e. The van der Waals surface area contributed by atoms with Crippen LogP contribution in [0.25, 0.3) is 0 Å². The maximum atomic E-state index is 6.21. The van der Waals surface area contributed by atoms with Crippen molar-refractivity contribution in [2.24, 2.45) is 0 Å². The summed E-state index contributed by atoms with van der Waals surface area (Å²) >= 11 is 12.4. The van der Waals surface area contributed by atoms with Crippen LogP contribution in [-0.4, -0.2) is 6.54 Å². The molecule has 0 amide bonds. The van der Waals surface area contributed by atoms with E-state index in [9.17, 15) is 0 Å². The van der Waals surface area contributed by atoms with Crippen LogP contribution in [0, 0.1) is 0 Å². The third kappa shape index (κ3) is 3.34. The lowest BCUT2D eigenvalue weighted by Crippen LogP contribution is -2.22. The highest BCUT2D eigenvalue weighted by Gasteiger charge is 2.11. The van der Waals surface area contributed by atoms with Gasteiger partial charge in [0.25, 0.3) is 0 Å². The molecule has 0 aliphatic heterocycles. The van der Waals surface area contributed by atoms with Gasteiger partial charge >= 0.3 is 0 Å². The summed E-state index contributed by atoms with van der Waals surface area (Å²) in [4.78, 5) is 2.20. The Bertz CT molecular complexity index is 532. The molecular weight excluding hydrogens is 279 g/mol. The lowest BCUT2D eigenvalue weighted by Gasteiger charge is -2.24. The Morgan fingerprint density at radius 2 is 1.58 bits per heavy atom. The first kappa shape index (κ1) is 14.0. The summed E-state index contributed by atoms with van der Waals surface area (Å²) in [6.07, 6.45) is 0. The van der Waals surface area contributed by atoms with Crippen LogP contribution in [0.5, 0.6) is 0 Å². The van der Waals surface area contributed by atoms with Crippen molar-refractivity contribution >= 4 is 34.6 Å². The first-order chi connectivity index (χ1) is 9.11. The van der Waals surface area contributed by atoms with Gasteiger partial charge in [0, 0.05) is 40.1 Å². The van der Waals surface area contributed by atoms with Crippen molar-refractivity contribution in [1.82, 2.24) is 0 Å². The van der Waals surface area contributed by atoms with Gasteiger partial charge in [0.2, 0.25) is 0 Å². The number of anilines is 2. The molecule has 0 radical (unpaired) electrons. The predicted molar refractivity (Wildman–Crippen MR) is 84.0 cm³/mol. The van der Waals surface area contributed by atoms with E-state index in [1.165, 1.54) is 0 Å². The molecule has 2 rings (SSSR count). The molecule has 4 heteroatoms. The molecule has 0 aliphatic rings. The minimum absolute atomic E-state index is 0.679. The van der Waals surface area contributed by atoms with Gasteiger partial charge in [-0.25, -0.2) is 0 Å².